The van der Waals surface area contributed by atoms with Gasteiger partial charge in [0.2, 0.25) is 5.52 Å². The Morgan fingerprint density at radius 3 is 2.71 bits per heavy atom. The average molecular weight is 237 g/mol. The van der Waals surface area contributed by atoms with E-state index in [4.69, 9.17) is 5.11 Å². The highest BCUT2D eigenvalue weighted by atomic mass is 16.5. The molecule has 0 aliphatic carbocycles. The number of carboxylic acids is 1. The van der Waals surface area contributed by atoms with E-state index in [9.17, 15) is 10.0 Å². The fourth-order valence-electron chi connectivity index (χ4n) is 1.69. The summed E-state index contributed by atoms with van der Waals surface area (Å²) in [6, 6.07) is 0. The van der Waals surface area contributed by atoms with Crippen LogP contribution in [0.2, 0.25) is 0 Å². The van der Waals surface area contributed by atoms with Gasteiger partial charge in [-0.2, -0.15) is 4.98 Å². The topological polar surface area (TPSA) is 98.2 Å². The van der Waals surface area contributed by atoms with E-state index in [1.54, 1.807) is 19.0 Å². The summed E-state index contributed by atoms with van der Waals surface area (Å²) in [5, 5.41) is 20.9. The van der Waals surface area contributed by atoms with Gasteiger partial charge in [0, 0.05) is 14.1 Å². The smallest absolute Gasteiger partial charge is 0.420 e. The van der Waals surface area contributed by atoms with E-state index in [2.05, 4.69) is 9.97 Å². The van der Waals surface area contributed by atoms with E-state index in [1.807, 2.05) is 0 Å². The fraction of sp³-hybridized carbons (Fsp3) is 0.333. The summed E-state index contributed by atoms with van der Waals surface area (Å²) in [5.74, 6) is -1.30. The van der Waals surface area contributed by atoms with Crippen molar-refractivity contribution < 1.29 is 14.6 Å². The molecule has 2 rings (SSSR count). The summed E-state index contributed by atoms with van der Waals surface area (Å²) < 4.78 is 1.58. The summed E-state index contributed by atoms with van der Waals surface area (Å²) in [5.41, 5.74) is 0.438. The van der Waals surface area contributed by atoms with Crippen LogP contribution in [-0.2, 0) is 7.05 Å². The lowest BCUT2D eigenvalue weighted by Crippen LogP contribution is -2.35. The first-order valence-corrected chi connectivity index (χ1v) is 4.78. The highest BCUT2D eigenvalue weighted by molar-refractivity contribution is 5.88. The molecule has 8 heteroatoms. The molecule has 0 atom stereocenters. The Hall–Kier alpha value is -2.38. The largest absolute Gasteiger partial charge is 0.710 e. The second kappa shape index (κ2) is 3.58. The fourth-order valence-corrected chi connectivity index (χ4v) is 1.69. The number of fused-ring (bicyclic) bond motifs is 1. The number of imidazole rings is 1. The van der Waals surface area contributed by atoms with Gasteiger partial charge in [-0.15, -0.1) is 0 Å². The molecule has 0 radical (unpaired) electrons. The maximum atomic E-state index is 11.9. The van der Waals surface area contributed by atoms with Gasteiger partial charge in [-0.25, -0.2) is 19.1 Å². The van der Waals surface area contributed by atoms with Gasteiger partial charge < -0.3 is 15.2 Å². The number of aryl methyl sites for hydroxylation is 1. The Balaban J connectivity index is 2.93. The molecule has 0 fully saturated rings. The molecule has 0 amide bonds. The quantitative estimate of drug-likeness (QED) is 0.551. The summed E-state index contributed by atoms with van der Waals surface area (Å²) in [7, 11) is 4.91. The van der Waals surface area contributed by atoms with Gasteiger partial charge in [0.15, 0.2) is 5.82 Å². The lowest BCUT2D eigenvalue weighted by atomic mass is 10.4. The van der Waals surface area contributed by atoms with Gasteiger partial charge in [-0.1, -0.05) is 0 Å². The lowest BCUT2D eigenvalue weighted by molar-refractivity contribution is -0.581. The molecule has 2 aromatic heterocycles. The Morgan fingerprint density at radius 1 is 1.53 bits per heavy atom. The van der Waals surface area contributed by atoms with Crippen LogP contribution in [0.4, 0.5) is 5.82 Å². The molecule has 90 valence electrons. The van der Waals surface area contributed by atoms with Crippen molar-refractivity contribution in [1.82, 2.24) is 14.5 Å². The molecule has 0 unspecified atom stereocenters. The molecule has 1 N–H and O–H groups in total. The van der Waals surface area contributed by atoms with Crippen LogP contribution in [0.15, 0.2) is 6.33 Å². The molecule has 2 aromatic rings. The molecular formula is C9H11N5O3. The third-order valence-electron chi connectivity index (χ3n) is 2.43. The van der Waals surface area contributed by atoms with Crippen LogP contribution in [0, 0.1) is 5.21 Å². The van der Waals surface area contributed by atoms with Crippen LogP contribution in [0.25, 0.3) is 11.2 Å². The second-order valence-electron chi connectivity index (χ2n) is 3.75. The number of aromatic carboxylic acids is 1. The zero-order chi connectivity index (χ0) is 12.7. The summed E-state index contributed by atoms with van der Waals surface area (Å²) >= 11 is 0. The standard InChI is InChI=1S/C9H11N5O3/c1-12(2)6-5-7(11-4-10-6)13(3)8(9(15)16)14(5)17/h4H,1-3H3,(H,15,16). The van der Waals surface area contributed by atoms with Crippen molar-refractivity contribution in [3.8, 4) is 0 Å². The summed E-state index contributed by atoms with van der Waals surface area (Å²) in [6.45, 7) is 0. The van der Waals surface area contributed by atoms with E-state index >= 15 is 0 Å². The Labute approximate surface area is 96.3 Å². The van der Waals surface area contributed by atoms with Gasteiger partial charge in [-0.3, -0.25) is 0 Å². The first kappa shape index (κ1) is 11.1. The first-order chi connectivity index (χ1) is 7.95. The van der Waals surface area contributed by atoms with Crippen molar-refractivity contribution >= 4 is 23.0 Å². The van der Waals surface area contributed by atoms with E-state index < -0.39 is 5.97 Å². The molecule has 0 spiro atoms. The number of rotatable bonds is 2. The molecule has 17 heavy (non-hydrogen) atoms. The van der Waals surface area contributed by atoms with Crippen molar-refractivity contribution in [1.29, 1.82) is 0 Å². The molecular weight excluding hydrogens is 226 g/mol. The van der Waals surface area contributed by atoms with Crippen LogP contribution in [0.5, 0.6) is 0 Å². The molecule has 0 aliphatic rings. The number of aromatic nitrogens is 4. The number of carbonyl (C=O) groups is 1. The Morgan fingerprint density at radius 2 is 2.18 bits per heavy atom. The molecule has 2 heterocycles. The number of anilines is 1. The number of carboxylic acid groups (broad SMARTS) is 1. The second-order valence-corrected chi connectivity index (χ2v) is 3.75. The highest BCUT2D eigenvalue weighted by Gasteiger charge is 2.28. The third kappa shape index (κ3) is 1.45. The zero-order valence-electron chi connectivity index (χ0n) is 9.58. The molecule has 0 aliphatic heterocycles. The zero-order valence-corrected chi connectivity index (χ0v) is 9.58. The maximum Gasteiger partial charge on any atom is 0.420 e. The summed E-state index contributed by atoms with van der Waals surface area (Å²) in [6.07, 6.45) is 1.29. The molecule has 0 saturated heterocycles. The van der Waals surface area contributed by atoms with Crippen molar-refractivity contribution in [2.24, 2.45) is 7.05 Å². The minimum Gasteiger partial charge on any atom is -0.710 e. The number of hydrogen-bond acceptors (Lipinski definition) is 5. The Kier molecular flexibility index (Phi) is 2.34. The minimum absolute atomic E-state index is 0.150. The van der Waals surface area contributed by atoms with Gasteiger partial charge in [0.25, 0.3) is 5.65 Å². The van der Waals surface area contributed by atoms with Crippen LogP contribution in [0.3, 0.4) is 0 Å². The molecule has 0 bridgehead atoms. The van der Waals surface area contributed by atoms with Crippen LogP contribution in [0.1, 0.15) is 10.6 Å². The Bertz CT molecular complexity index is 604. The normalized spacial score (nSPS) is 10.8. The monoisotopic (exact) mass is 237 g/mol. The third-order valence-corrected chi connectivity index (χ3v) is 2.43. The van der Waals surface area contributed by atoms with Gasteiger partial charge >= 0.3 is 11.8 Å². The maximum absolute atomic E-state index is 11.9. The number of nitrogens with zero attached hydrogens (tertiary/aromatic N) is 5. The minimum atomic E-state index is -1.30. The molecule has 0 saturated carbocycles. The van der Waals surface area contributed by atoms with Crippen molar-refractivity contribution in [2.45, 2.75) is 0 Å². The van der Waals surface area contributed by atoms with Crippen molar-refractivity contribution in [3.63, 3.8) is 0 Å². The SMILES string of the molecule is CN(C)c1ncnc2c1[n+]([O-])c(C(=O)O)n2C. The van der Waals surface area contributed by atoms with Gasteiger partial charge in [0.1, 0.15) is 6.33 Å². The van der Waals surface area contributed by atoms with Crippen molar-refractivity contribution in [2.75, 3.05) is 19.0 Å². The first-order valence-electron chi connectivity index (χ1n) is 4.78. The van der Waals surface area contributed by atoms with Crippen molar-refractivity contribution in [3.05, 3.63) is 17.4 Å². The predicted molar refractivity (Wildman–Crippen MR) is 58.8 cm³/mol. The molecule has 0 aromatic carbocycles. The van der Waals surface area contributed by atoms with E-state index in [0.29, 0.717) is 10.5 Å². The number of hydrogen-bond donors (Lipinski definition) is 1. The van der Waals surface area contributed by atoms with Crippen LogP contribution in [-0.4, -0.2) is 39.7 Å². The van der Waals surface area contributed by atoms with E-state index in [0.717, 1.165) is 0 Å². The lowest BCUT2D eigenvalue weighted by Gasteiger charge is -2.11. The predicted octanol–water partition coefficient (Wildman–Crippen LogP) is -0.634. The highest BCUT2D eigenvalue weighted by Crippen LogP contribution is 2.19. The van der Waals surface area contributed by atoms with Crippen LogP contribution < -0.4 is 9.63 Å². The van der Waals surface area contributed by atoms with E-state index in [1.165, 1.54) is 17.9 Å². The summed E-state index contributed by atoms with van der Waals surface area (Å²) in [4.78, 5) is 20.5. The van der Waals surface area contributed by atoms with Gasteiger partial charge in [0.05, 0.1) is 7.05 Å². The average Bonchev–Trinajstić information content (AvgIpc) is 2.51. The van der Waals surface area contributed by atoms with E-state index in [-0.39, 0.29) is 17.0 Å². The molecule has 8 nitrogen and oxygen atoms in total. The van der Waals surface area contributed by atoms with Gasteiger partial charge in [-0.05, 0) is 0 Å². The van der Waals surface area contributed by atoms with Crippen LogP contribution >= 0.6 is 0 Å².